The molecule has 1 atom stereocenters. The monoisotopic (exact) mass is 285 g/mol. The third kappa shape index (κ3) is 4.03. The number of likely N-dealkylation sites (N-methyl/N-ethyl adjacent to an activating group) is 1. The Hall–Kier alpha value is -1.91. The zero-order chi connectivity index (χ0) is 15.2. The fourth-order valence-electron chi connectivity index (χ4n) is 2.49. The van der Waals surface area contributed by atoms with E-state index in [1.54, 1.807) is 7.11 Å². The molecule has 1 heterocycles. The molecule has 0 saturated carbocycles. The Morgan fingerprint density at radius 1 is 1.29 bits per heavy atom. The van der Waals surface area contributed by atoms with Gasteiger partial charge in [0.15, 0.2) is 0 Å². The smallest absolute Gasteiger partial charge is 0.212 e. The number of hydrogen-bond donors (Lipinski definition) is 1. The lowest BCUT2D eigenvalue weighted by atomic mass is 10.1. The van der Waals surface area contributed by atoms with Crippen LogP contribution in [0.25, 0.3) is 0 Å². The number of pyridine rings is 1. The van der Waals surface area contributed by atoms with Crippen LogP contribution in [0.4, 0.5) is 0 Å². The molecule has 2 N–H and O–H groups in total. The summed E-state index contributed by atoms with van der Waals surface area (Å²) in [6.45, 7) is 3.52. The summed E-state index contributed by atoms with van der Waals surface area (Å²) >= 11 is 0. The van der Waals surface area contributed by atoms with Crippen molar-refractivity contribution in [2.75, 3.05) is 20.7 Å². The van der Waals surface area contributed by atoms with Crippen LogP contribution in [0.5, 0.6) is 5.88 Å². The molecular formula is C17H23N3O. The van der Waals surface area contributed by atoms with Gasteiger partial charge in [0.1, 0.15) is 0 Å². The molecule has 0 radical (unpaired) electrons. The van der Waals surface area contributed by atoms with Crippen molar-refractivity contribution in [2.45, 2.75) is 19.5 Å². The molecule has 1 unspecified atom stereocenters. The van der Waals surface area contributed by atoms with Gasteiger partial charge in [-0.15, -0.1) is 0 Å². The molecule has 0 spiro atoms. The quantitative estimate of drug-likeness (QED) is 0.886. The fraction of sp³-hybridized carbons (Fsp3) is 0.353. The van der Waals surface area contributed by atoms with Crippen molar-refractivity contribution < 1.29 is 4.74 Å². The van der Waals surface area contributed by atoms with Crippen molar-refractivity contribution in [2.24, 2.45) is 5.73 Å². The van der Waals surface area contributed by atoms with Crippen LogP contribution in [0.1, 0.15) is 22.7 Å². The predicted molar refractivity (Wildman–Crippen MR) is 85.2 cm³/mol. The summed E-state index contributed by atoms with van der Waals surface area (Å²) in [4.78, 5) is 6.51. The first-order valence-electron chi connectivity index (χ1n) is 7.10. The van der Waals surface area contributed by atoms with E-state index < -0.39 is 0 Å². The lowest BCUT2D eigenvalue weighted by Crippen LogP contribution is -2.30. The number of ether oxygens (including phenoxy) is 1. The van der Waals surface area contributed by atoms with E-state index in [1.165, 1.54) is 11.1 Å². The summed E-state index contributed by atoms with van der Waals surface area (Å²) in [5.74, 6) is 0.621. The lowest BCUT2D eigenvalue weighted by molar-refractivity contribution is 0.241. The van der Waals surface area contributed by atoms with E-state index in [1.807, 2.05) is 18.3 Å². The fourth-order valence-corrected chi connectivity index (χ4v) is 2.49. The van der Waals surface area contributed by atoms with Crippen molar-refractivity contribution >= 4 is 0 Å². The molecule has 0 saturated heterocycles. The van der Waals surface area contributed by atoms with Crippen LogP contribution in [-0.4, -0.2) is 30.6 Å². The topological polar surface area (TPSA) is 51.4 Å². The Morgan fingerprint density at radius 3 is 2.67 bits per heavy atom. The average Bonchev–Trinajstić information content (AvgIpc) is 2.48. The maximum Gasteiger partial charge on any atom is 0.212 e. The van der Waals surface area contributed by atoms with Crippen molar-refractivity contribution in [3.8, 4) is 5.88 Å². The van der Waals surface area contributed by atoms with Crippen LogP contribution in [-0.2, 0) is 6.54 Å². The van der Waals surface area contributed by atoms with Gasteiger partial charge in [-0.3, -0.25) is 4.90 Å². The molecule has 0 amide bonds. The Labute approximate surface area is 126 Å². The van der Waals surface area contributed by atoms with E-state index in [2.05, 4.69) is 48.1 Å². The van der Waals surface area contributed by atoms with Crippen molar-refractivity contribution in [3.63, 3.8) is 0 Å². The number of aryl methyl sites for hydroxylation is 1. The molecule has 0 bridgehead atoms. The molecule has 112 valence electrons. The molecule has 1 aromatic carbocycles. The van der Waals surface area contributed by atoms with E-state index in [0.717, 1.165) is 12.1 Å². The van der Waals surface area contributed by atoms with Gasteiger partial charge >= 0.3 is 0 Å². The van der Waals surface area contributed by atoms with Crippen LogP contribution in [0.3, 0.4) is 0 Å². The second-order valence-corrected chi connectivity index (χ2v) is 5.29. The van der Waals surface area contributed by atoms with Crippen LogP contribution < -0.4 is 10.5 Å². The molecule has 2 aromatic rings. The van der Waals surface area contributed by atoms with Crippen LogP contribution in [0.15, 0.2) is 42.6 Å². The highest BCUT2D eigenvalue weighted by atomic mass is 16.5. The number of methoxy groups -OCH3 is 1. The van der Waals surface area contributed by atoms with Crippen LogP contribution in [0.2, 0.25) is 0 Å². The summed E-state index contributed by atoms with van der Waals surface area (Å²) in [6.07, 6.45) is 1.84. The average molecular weight is 285 g/mol. The summed E-state index contributed by atoms with van der Waals surface area (Å²) in [6, 6.07) is 12.6. The van der Waals surface area contributed by atoms with E-state index in [0.29, 0.717) is 12.4 Å². The Kier molecular flexibility index (Phi) is 5.31. The normalized spacial score (nSPS) is 12.4. The maximum absolute atomic E-state index is 5.96. The first-order valence-corrected chi connectivity index (χ1v) is 7.10. The van der Waals surface area contributed by atoms with Gasteiger partial charge in [-0.1, -0.05) is 35.9 Å². The highest BCUT2D eigenvalue weighted by molar-refractivity contribution is 5.24. The molecule has 4 nitrogen and oxygen atoms in total. The van der Waals surface area contributed by atoms with E-state index >= 15 is 0 Å². The highest BCUT2D eigenvalue weighted by Gasteiger charge is 2.16. The number of rotatable bonds is 6. The summed E-state index contributed by atoms with van der Waals surface area (Å²) in [5.41, 5.74) is 9.63. The number of hydrogen-bond acceptors (Lipinski definition) is 4. The predicted octanol–water partition coefficient (Wildman–Crippen LogP) is 2.53. The molecule has 4 heteroatoms. The van der Waals surface area contributed by atoms with Crippen molar-refractivity contribution in [1.82, 2.24) is 9.88 Å². The van der Waals surface area contributed by atoms with Gasteiger partial charge in [0.25, 0.3) is 0 Å². The molecule has 0 aliphatic rings. The minimum absolute atomic E-state index is 0.143. The van der Waals surface area contributed by atoms with Gasteiger partial charge in [-0.25, -0.2) is 4.98 Å². The molecule has 0 aliphatic heterocycles. The number of nitrogens with zero attached hydrogens (tertiary/aromatic N) is 2. The van der Waals surface area contributed by atoms with E-state index in [4.69, 9.17) is 10.5 Å². The molecule has 2 rings (SSSR count). The van der Waals surface area contributed by atoms with Crippen LogP contribution >= 0.6 is 0 Å². The van der Waals surface area contributed by atoms with Gasteiger partial charge in [0.2, 0.25) is 5.88 Å². The minimum Gasteiger partial charge on any atom is -0.481 e. The van der Waals surface area contributed by atoms with E-state index in [9.17, 15) is 0 Å². The first-order chi connectivity index (χ1) is 10.1. The summed E-state index contributed by atoms with van der Waals surface area (Å²) < 4.78 is 5.10. The number of benzene rings is 1. The number of aromatic nitrogens is 1. The minimum atomic E-state index is 0.143. The largest absolute Gasteiger partial charge is 0.481 e. The zero-order valence-electron chi connectivity index (χ0n) is 12.9. The highest BCUT2D eigenvalue weighted by Crippen LogP contribution is 2.21. The zero-order valence-corrected chi connectivity index (χ0v) is 12.9. The summed E-state index contributed by atoms with van der Waals surface area (Å²) in [5, 5.41) is 0. The molecule has 1 aromatic heterocycles. The molecule has 0 aliphatic carbocycles. The standard InChI is InChI=1S/C17H23N3O/c1-13-5-4-6-14(9-13)12-20(2)16(10-18)15-7-8-17(21-3)19-11-15/h4-9,11,16H,10,12,18H2,1-3H3. The molecular weight excluding hydrogens is 262 g/mol. The van der Waals surface area contributed by atoms with Gasteiger partial charge in [-0.2, -0.15) is 0 Å². The third-order valence-corrected chi connectivity index (χ3v) is 3.62. The van der Waals surface area contributed by atoms with Gasteiger partial charge in [0.05, 0.1) is 7.11 Å². The first kappa shape index (κ1) is 15.5. The Morgan fingerprint density at radius 2 is 2.10 bits per heavy atom. The summed E-state index contributed by atoms with van der Waals surface area (Å²) in [7, 11) is 3.70. The molecule has 21 heavy (non-hydrogen) atoms. The molecule has 0 fully saturated rings. The maximum atomic E-state index is 5.96. The van der Waals surface area contributed by atoms with E-state index in [-0.39, 0.29) is 6.04 Å². The van der Waals surface area contributed by atoms with Gasteiger partial charge < -0.3 is 10.5 Å². The third-order valence-electron chi connectivity index (χ3n) is 3.62. The Balaban J connectivity index is 2.12. The second-order valence-electron chi connectivity index (χ2n) is 5.29. The Bertz CT molecular complexity index is 569. The SMILES string of the molecule is COc1ccc(C(CN)N(C)Cc2cccc(C)c2)cn1. The second kappa shape index (κ2) is 7.20. The number of nitrogens with two attached hydrogens (primary N) is 1. The lowest BCUT2D eigenvalue weighted by Gasteiger charge is -2.27. The van der Waals surface area contributed by atoms with Crippen molar-refractivity contribution in [3.05, 3.63) is 59.3 Å². The van der Waals surface area contributed by atoms with Crippen LogP contribution in [0, 0.1) is 6.92 Å². The van der Waals surface area contributed by atoms with Gasteiger partial charge in [-0.05, 0) is 25.1 Å². The van der Waals surface area contributed by atoms with Gasteiger partial charge in [0, 0.05) is 31.4 Å². The van der Waals surface area contributed by atoms with Crippen molar-refractivity contribution in [1.29, 1.82) is 0 Å².